The third kappa shape index (κ3) is 3.76. The SMILES string of the molecule is COc1ccc(C)cc1C(=O)NC(C)CC(=O)O. The highest BCUT2D eigenvalue weighted by molar-refractivity contribution is 5.97. The number of benzene rings is 1. The summed E-state index contributed by atoms with van der Waals surface area (Å²) in [5.74, 6) is -0.802. The molecule has 0 bridgehead atoms. The van der Waals surface area contributed by atoms with E-state index in [2.05, 4.69) is 5.32 Å². The van der Waals surface area contributed by atoms with Gasteiger partial charge in [-0.15, -0.1) is 0 Å². The number of amides is 1. The van der Waals surface area contributed by atoms with E-state index in [-0.39, 0.29) is 12.3 Å². The Morgan fingerprint density at radius 3 is 2.67 bits per heavy atom. The van der Waals surface area contributed by atoms with Gasteiger partial charge in [-0.25, -0.2) is 0 Å². The molecule has 0 fully saturated rings. The van der Waals surface area contributed by atoms with Crippen LogP contribution >= 0.6 is 0 Å². The molecule has 0 aromatic heterocycles. The maximum Gasteiger partial charge on any atom is 0.305 e. The van der Waals surface area contributed by atoms with Crippen LogP contribution in [0.3, 0.4) is 0 Å². The highest BCUT2D eigenvalue weighted by atomic mass is 16.5. The molecule has 0 saturated heterocycles. The Hall–Kier alpha value is -2.04. The van der Waals surface area contributed by atoms with E-state index < -0.39 is 12.0 Å². The van der Waals surface area contributed by atoms with Crippen LogP contribution in [0.25, 0.3) is 0 Å². The Kier molecular flexibility index (Phi) is 4.71. The van der Waals surface area contributed by atoms with Crippen molar-refractivity contribution in [3.05, 3.63) is 29.3 Å². The van der Waals surface area contributed by atoms with Gasteiger partial charge in [0.15, 0.2) is 0 Å². The largest absolute Gasteiger partial charge is 0.496 e. The number of carboxylic acid groups (broad SMARTS) is 1. The van der Waals surface area contributed by atoms with Gasteiger partial charge in [-0.05, 0) is 26.0 Å². The van der Waals surface area contributed by atoms with Gasteiger partial charge in [0.25, 0.3) is 5.91 Å². The van der Waals surface area contributed by atoms with Gasteiger partial charge in [-0.3, -0.25) is 9.59 Å². The van der Waals surface area contributed by atoms with Crippen LogP contribution in [-0.2, 0) is 4.79 Å². The summed E-state index contributed by atoms with van der Waals surface area (Å²) in [6.45, 7) is 3.52. The van der Waals surface area contributed by atoms with Gasteiger partial charge in [0, 0.05) is 6.04 Å². The molecule has 98 valence electrons. The fraction of sp³-hybridized carbons (Fsp3) is 0.385. The lowest BCUT2D eigenvalue weighted by molar-refractivity contribution is -0.137. The summed E-state index contributed by atoms with van der Waals surface area (Å²) in [6.07, 6.45) is -0.111. The molecule has 1 aromatic carbocycles. The fourth-order valence-corrected chi connectivity index (χ4v) is 1.61. The van der Waals surface area contributed by atoms with Gasteiger partial charge < -0.3 is 15.2 Å². The predicted molar refractivity (Wildman–Crippen MR) is 66.9 cm³/mol. The van der Waals surface area contributed by atoms with E-state index in [0.29, 0.717) is 11.3 Å². The molecule has 2 N–H and O–H groups in total. The van der Waals surface area contributed by atoms with Crippen LogP contribution in [0.1, 0.15) is 29.3 Å². The lowest BCUT2D eigenvalue weighted by Gasteiger charge is -2.14. The summed E-state index contributed by atoms with van der Waals surface area (Å²) in [6, 6.07) is 4.84. The van der Waals surface area contributed by atoms with E-state index in [4.69, 9.17) is 9.84 Å². The molecule has 18 heavy (non-hydrogen) atoms. The van der Waals surface area contributed by atoms with Crippen LogP contribution in [0.15, 0.2) is 18.2 Å². The van der Waals surface area contributed by atoms with E-state index in [9.17, 15) is 9.59 Å². The van der Waals surface area contributed by atoms with Gasteiger partial charge in [-0.1, -0.05) is 11.6 Å². The van der Waals surface area contributed by atoms with Gasteiger partial charge >= 0.3 is 5.97 Å². The van der Waals surface area contributed by atoms with E-state index in [1.165, 1.54) is 7.11 Å². The van der Waals surface area contributed by atoms with Gasteiger partial charge in [0.2, 0.25) is 0 Å². The highest BCUT2D eigenvalue weighted by Crippen LogP contribution is 2.19. The molecular formula is C13H17NO4. The quantitative estimate of drug-likeness (QED) is 0.833. The third-order valence-electron chi connectivity index (χ3n) is 2.46. The summed E-state index contributed by atoms with van der Waals surface area (Å²) >= 11 is 0. The molecule has 1 atom stereocenters. The molecule has 1 rings (SSSR count). The van der Waals surface area contributed by atoms with Crippen molar-refractivity contribution in [2.45, 2.75) is 26.3 Å². The zero-order chi connectivity index (χ0) is 13.7. The zero-order valence-electron chi connectivity index (χ0n) is 10.7. The lowest BCUT2D eigenvalue weighted by Crippen LogP contribution is -2.34. The van der Waals surface area contributed by atoms with Crippen molar-refractivity contribution in [3.8, 4) is 5.75 Å². The summed E-state index contributed by atoms with van der Waals surface area (Å²) in [5.41, 5.74) is 1.35. The van der Waals surface area contributed by atoms with Crippen molar-refractivity contribution in [1.82, 2.24) is 5.32 Å². The highest BCUT2D eigenvalue weighted by Gasteiger charge is 2.16. The first-order valence-electron chi connectivity index (χ1n) is 5.61. The zero-order valence-corrected chi connectivity index (χ0v) is 10.7. The number of ether oxygens (including phenoxy) is 1. The van der Waals surface area contributed by atoms with Crippen molar-refractivity contribution in [2.24, 2.45) is 0 Å². The number of carboxylic acids is 1. The topological polar surface area (TPSA) is 75.6 Å². The molecule has 1 unspecified atom stereocenters. The summed E-state index contributed by atoms with van der Waals surface area (Å²) in [7, 11) is 1.49. The fourth-order valence-electron chi connectivity index (χ4n) is 1.61. The molecule has 0 aliphatic carbocycles. The summed E-state index contributed by atoms with van der Waals surface area (Å²) in [4.78, 5) is 22.5. The number of rotatable bonds is 5. The Labute approximate surface area is 106 Å². The Morgan fingerprint density at radius 2 is 2.11 bits per heavy atom. The van der Waals surface area contributed by atoms with Crippen molar-refractivity contribution >= 4 is 11.9 Å². The number of nitrogens with one attached hydrogen (secondary N) is 1. The number of hydrogen-bond donors (Lipinski definition) is 2. The lowest BCUT2D eigenvalue weighted by atomic mass is 10.1. The molecule has 5 heteroatoms. The average Bonchev–Trinajstić information content (AvgIpc) is 2.27. The van der Waals surface area contributed by atoms with E-state index in [0.717, 1.165) is 5.56 Å². The monoisotopic (exact) mass is 251 g/mol. The van der Waals surface area contributed by atoms with Crippen LogP contribution in [0.5, 0.6) is 5.75 Å². The minimum absolute atomic E-state index is 0.111. The smallest absolute Gasteiger partial charge is 0.305 e. The number of carbonyl (C=O) groups is 2. The van der Waals surface area contributed by atoms with Crippen molar-refractivity contribution in [1.29, 1.82) is 0 Å². The first kappa shape index (κ1) is 14.0. The number of hydrogen-bond acceptors (Lipinski definition) is 3. The predicted octanol–water partition coefficient (Wildman–Crippen LogP) is 1.60. The molecule has 0 heterocycles. The van der Waals surface area contributed by atoms with Crippen LogP contribution < -0.4 is 10.1 Å². The minimum atomic E-state index is -0.945. The summed E-state index contributed by atoms with van der Waals surface area (Å²) < 4.78 is 5.11. The molecule has 1 aromatic rings. The maximum absolute atomic E-state index is 12.0. The Morgan fingerprint density at radius 1 is 1.44 bits per heavy atom. The molecule has 0 aliphatic heterocycles. The second-order valence-corrected chi connectivity index (χ2v) is 4.18. The minimum Gasteiger partial charge on any atom is -0.496 e. The number of aliphatic carboxylic acids is 1. The third-order valence-corrected chi connectivity index (χ3v) is 2.46. The van der Waals surface area contributed by atoms with Crippen LogP contribution in [0.4, 0.5) is 0 Å². The molecule has 0 spiro atoms. The number of methoxy groups -OCH3 is 1. The molecule has 0 aliphatic rings. The number of carbonyl (C=O) groups excluding carboxylic acids is 1. The normalized spacial score (nSPS) is 11.7. The van der Waals surface area contributed by atoms with Crippen LogP contribution in [0.2, 0.25) is 0 Å². The van der Waals surface area contributed by atoms with Crippen molar-refractivity contribution in [3.63, 3.8) is 0 Å². The number of aryl methyl sites for hydroxylation is 1. The first-order chi connectivity index (χ1) is 8.43. The van der Waals surface area contributed by atoms with E-state index >= 15 is 0 Å². The van der Waals surface area contributed by atoms with E-state index in [1.807, 2.05) is 13.0 Å². The van der Waals surface area contributed by atoms with Gasteiger partial charge in [0.1, 0.15) is 5.75 Å². The summed E-state index contributed by atoms with van der Waals surface area (Å²) in [5, 5.41) is 11.3. The standard InChI is InChI=1S/C13H17NO4/c1-8-4-5-11(18-3)10(6-8)13(17)14-9(2)7-12(15)16/h4-6,9H,7H2,1-3H3,(H,14,17)(H,15,16). The Balaban J connectivity index is 2.83. The second-order valence-electron chi connectivity index (χ2n) is 4.18. The van der Waals surface area contributed by atoms with Gasteiger partial charge in [0.05, 0.1) is 19.1 Å². The maximum atomic E-state index is 12.0. The molecule has 1 amide bonds. The molecular weight excluding hydrogens is 234 g/mol. The molecule has 0 saturated carbocycles. The van der Waals surface area contributed by atoms with Crippen molar-refractivity contribution in [2.75, 3.05) is 7.11 Å². The molecule has 0 radical (unpaired) electrons. The average molecular weight is 251 g/mol. The van der Waals surface area contributed by atoms with Crippen molar-refractivity contribution < 1.29 is 19.4 Å². The van der Waals surface area contributed by atoms with Crippen LogP contribution in [0, 0.1) is 6.92 Å². The first-order valence-corrected chi connectivity index (χ1v) is 5.61. The molecule has 5 nitrogen and oxygen atoms in total. The van der Waals surface area contributed by atoms with E-state index in [1.54, 1.807) is 19.1 Å². The van der Waals surface area contributed by atoms with Crippen LogP contribution in [-0.4, -0.2) is 30.1 Å². The Bertz CT molecular complexity index is 456. The van der Waals surface area contributed by atoms with Gasteiger partial charge in [-0.2, -0.15) is 0 Å². The second kappa shape index (κ2) is 6.05.